The van der Waals surface area contributed by atoms with Crippen LogP contribution in [0.5, 0.6) is 0 Å². The summed E-state index contributed by atoms with van der Waals surface area (Å²) in [7, 11) is 0. The molecule has 4 rings (SSSR count). The predicted molar refractivity (Wildman–Crippen MR) is 120 cm³/mol. The summed E-state index contributed by atoms with van der Waals surface area (Å²) in [5.74, 6) is 0.454. The van der Waals surface area contributed by atoms with Crippen LogP contribution in [0.2, 0.25) is 0 Å². The van der Waals surface area contributed by atoms with Crippen LogP contribution in [0.1, 0.15) is 59.3 Å². The SMILES string of the molecule is Cc1ccc(F)c(-c2cccc(C(=O)Cc3cnccc3[C@@H]3C[C@H](C)C[C@H](N)C3)n2)c1. The Hall–Kier alpha value is -2.92. The van der Waals surface area contributed by atoms with Crippen LogP contribution in [0, 0.1) is 18.7 Å². The molecule has 160 valence electrons. The van der Waals surface area contributed by atoms with Gasteiger partial charge in [0.1, 0.15) is 11.5 Å². The molecule has 0 saturated heterocycles. The molecular formula is C26H28FN3O. The van der Waals surface area contributed by atoms with E-state index in [0.717, 1.165) is 36.0 Å². The third-order valence-electron chi connectivity index (χ3n) is 6.14. The minimum absolute atomic E-state index is 0.0997. The Kier molecular flexibility index (Phi) is 6.23. The summed E-state index contributed by atoms with van der Waals surface area (Å²) in [4.78, 5) is 21.8. The van der Waals surface area contributed by atoms with E-state index in [1.807, 2.05) is 13.0 Å². The molecule has 0 spiro atoms. The number of nitrogens with zero attached hydrogens (tertiary/aromatic N) is 2. The summed E-state index contributed by atoms with van der Waals surface area (Å²) >= 11 is 0. The van der Waals surface area contributed by atoms with E-state index in [2.05, 4.69) is 16.9 Å². The molecule has 31 heavy (non-hydrogen) atoms. The van der Waals surface area contributed by atoms with Gasteiger partial charge in [-0.1, -0.05) is 24.6 Å². The number of pyridine rings is 2. The molecule has 1 aromatic carbocycles. The van der Waals surface area contributed by atoms with Gasteiger partial charge in [-0.3, -0.25) is 9.78 Å². The van der Waals surface area contributed by atoms with Gasteiger partial charge in [-0.25, -0.2) is 9.37 Å². The van der Waals surface area contributed by atoms with Gasteiger partial charge in [-0.05, 0) is 79.5 Å². The fraction of sp³-hybridized carbons (Fsp3) is 0.346. The summed E-state index contributed by atoms with van der Waals surface area (Å²) in [5, 5.41) is 0. The standard InChI is InChI=1S/C26H28FN3O/c1-16-6-7-23(27)22(12-16)24-4-3-5-25(30-24)26(31)14-19-15-29-9-8-21(19)18-10-17(2)11-20(28)13-18/h3-9,12,15,17-18,20H,10-11,13-14,28H2,1-2H3/t17-,18+,20-/m0/s1. The predicted octanol–water partition coefficient (Wildman–Crippen LogP) is 5.25. The van der Waals surface area contributed by atoms with E-state index in [1.165, 1.54) is 6.07 Å². The number of hydrogen-bond donors (Lipinski definition) is 1. The van der Waals surface area contributed by atoms with Gasteiger partial charge in [0.05, 0.1) is 5.69 Å². The van der Waals surface area contributed by atoms with Crippen LogP contribution in [0.3, 0.4) is 0 Å². The lowest BCUT2D eigenvalue weighted by molar-refractivity contribution is 0.0987. The first-order valence-electron chi connectivity index (χ1n) is 10.9. The van der Waals surface area contributed by atoms with Gasteiger partial charge in [0.15, 0.2) is 5.78 Å². The number of carbonyl (C=O) groups excluding carboxylic acids is 1. The Balaban J connectivity index is 1.59. The molecule has 1 aliphatic rings. The van der Waals surface area contributed by atoms with Gasteiger partial charge >= 0.3 is 0 Å². The highest BCUT2D eigenvalue weighted by Crippen LogP contribution is 2.37. The molecule has 0 unspecified atom stereocenters. The van der Waals surface area contributed by atoms with E-state index in [0.29, 0.717) is 28.8 Å². The molecule has 0 amide bonds. The number of benzene rings is 1. The number of Topliss-reactive ketones (excluding diaryl/α,β-unsaturated/α-hetero) is 1. The summed E-state index contributed by atoms with van der Waals surface area (Å²) in [6.45, 7) is 4.14. The van der Waals surface area contributed by atoms with Gasteiger partial charge in [0.2, 0.25) is 0 Å². The highest BCUT2D eigenvalue weighted by atomic mass is 19.1. The molecule has 0 radical (unpaired) electrons. The zero-order chi connectivity index (χ0) is 22.0. The summed E-state index contributed by atoms with van der Waals surface area (Å²) in [5.41, 5.74) is 10.5. The maximum atomic E-state index is 14.3. The van der Waals surface area contributed by atoms with Gasteiger partial charge < -0.3 is 5.73 Å². The molecule has 2 N–H and O–H groups in total. The van der Waals surface area contributed by atoms with Crippen molar-refractivity contribution in [3.05, 3.63) is 83.1 Å². The average molecular weight is 418 g/mol. The van der Waals surface area contributed by atoms with Crippen LogP contribution < -0.4 is 5.73 Å². The molecular weight excluding hydrogens is 389 g/mol. The molecule has 0 bridgehead atoms. The summed E-state index contributed by atoms with van der Waals surface area (Å²) in [6, 6.07) is 12.3. The molecule has 5 heteroatoms. The first-order valence-corrected chi connectivity index (χ1v) is 10.9. The molecule has 1 aliphatic carbocycles. The third kappa shape index (κ3) is 4.88. The van der Waals surface area contributed by atoms with Crippen molar-refractivity contribution in [2.24, 2.45) is 11.7 Å². The van der Waals surface area contributed by atoms with E-state index in [1.54, 1.807) is 42.7 Å². The topological polar surface area (TPSA) is 68.9 Å². The molecule has 1 fully saturated rings. The van der Waals surface area contributed by atoms with Gasteiger partial charge in [0, 0.05) is 30.4 Å². The van der Waals surface area contributed by atoms with Crippen molar-refractivity contribution in [1.82, 2.24) is 9.97 Å². The zero-order valence-electron chi connectivity index (χ0n) is 18.0. The highest BCUT2D eigenvalue weighted by Gasteiger charge is 2.27. The normalized spacial score (nSPS) is 21.1. The Morgan fingerprint density at radius 3 is 2.81 bits per heavy atom. The second-order valence-electron chi connectivity index (χ2n) is 8.84. The number of hydrogen-bond acceptors (Lipinski definition) is 4. The first-order chi connectivity index (χ1) is 14.9. The molecule has 3 aromatic rings. The van der Waals surface area contributed by atoms with Crippen molar-refractivity contribution in [3.63, 3.8) is 0 Å². The number of nitrogens with two attached hydrogens (primary N) is 1. The van der Waals surface area contributed by atoms with E-state index in [4.69, 9.17) is 5.73 Å². The lowest BCUT2D eigenvalue weighted by atomic mass is 9.75. The van der Waals surface area contributed by atoms with Crippen molar-refractivity contribution in [1.29, 1.82) is 0 Å². The number of aryl methyl sites for hydroxylation is 1. The van der Waals surface area contributed by atoms with E-state index >= 15 is 0 Å². The van der Waals surface area contributed by atoms with Crippen LogP contribution in [-0.4, -0.2) is 21.8 Å². The number of carbonyl (C=O) groups is 1. The molecule has 4 nitrogen and oxygen atoms in total. The number of ketones is 1. The van der Waals surface area contributed by atoms with Gasteiger partial charge in [-0.2, -0.15) is 0 Å². The van der Waals surface area contributed by atoms with Crippen LogP contribution >= 0.6 is 0 Å². The summed E-state index contributed by atoms with van der Waals surface area (Å²) in [6.07, 6.45) is 6.82. The Bertz CT molecular complexity index is 1090. The first kappa shape index (κ1) is 21.3. The molecule has 2 aromatic heterocycles. The minimum atomic E-state index is -0.347. The maximum absolute atomic E-state index is 14.3. The second kappa shape index (κ2) is 9.06. The quantitative estimate of drug-likeness (QED) is 0.576. The lowest BCUT2D eigenvalue weighted by Crippen LogP contribution is -2.31. The van der Waals surface area contributed by atoms with E-state index in [9.17, 15) is 9.18 Å². The maximum Gasteiger partial charge on any atom is 0.185 e. The van der Waals surface area contributed by atoms with Gasteiger partial charge in [-0.15, -0.1) is 0 Å². The van der Waals surface area contributed by atoms with Crippen molar-refractivity contribution in [3.8, 4) is 11.3 Å². The zero-order valence-corrected chi connectivity index (χ0v) is 18.0. The number of halogens is 1. The average Bonchev–Trinajstić information content (AvgIpc) is 2.75. The lowest BCUT2D eigenvalue weighted by Gasteiger charge is -2.32. The minimum Gasteiger partial charge on any atom is -0.328 e. The smallest absolute Gasteiger partial charge is 0.185 e. The molecule has 0 aliphatic heterocycles. The Labute approximate surface area is 182 Å². The highest BCUT2D eigenvalue weighted by molar-refractivity contribution is 5.96. The van der Waals surface area contributed by atoms with Crippen molar-refractivity contribution < 1.29 is 9.18 Å². The summed E-state index contributed by atoms with van der Waals surface area (Å²) < 4.78 is 14.3. The van der Waals surface area contributed by atoms with Crippen LogP contribution in [-0.2, 0) is 6.42 Å². The molecule has 1 saturated carbocycles. The van der Waals surface area contributed by atoms with Crippen LogP contribution in [0.15, 0.2) is 54.9 Å². The number of rotatable bonds is 5. The number of aromatic nitrogens is 2. The molecule has 2 heterocycles. The Morgan fingerprint density at radius 2 is 2.00 bits per heavy atom. The van der Waals surface area contributed by atoms with Crippen molar-refractivity contribution in [2.45, 2.75) is 51.5 Å². The van der Waals surface area contributed by atoms with Gasteiger partial charge in [0.25, 0.3) is 0 Å². The fourth-order valence-electron chi connectivity index (χ4n) is 4.73. The van der Waals surface area contributed by atoms with E-state index in [-0.39, 0.29) is 24.1 Å². The monoisotopic (exact) mass is 417 g/mol. The van der Waals surface area contributed by atoms with Crippen molar-refractivity contribution >= 4 is 5.78 Å². The second-order valence-corrected chi connectivity index (χ2v) is 8.84. The molecule has 3 atom stereocenters. The van der Waals surface area contributed by atoms with Crippen LogP contribution in [0.25, 0.3) is 11.3 Å². The third-order valence-corrected chi connectivity index (χ3v) is 6.14. The van der Waals surface area contributed by atoms with Crippen molar-refractivity contribution in [2.75, 3.05) is 0 Å². The largest absolute Gasteiger partial charge is 0.328 e. The van der Waals surface area contributed by atoms with Crippen LogP contribution in [0.4, 0.5) is 4.39 Å². The fourth-order valence-corrected chi connectivity index (χ4v) is 4.73. The van der Waals surface area contributed by atoms with E-state index < -0.39 is 0 Å². The Morgan fingerprint density at radius 1 is 1.16 bits per heavy atom.